The van der Waals surface area contributed by atoms with Gasteiger partial charge in [0.15, 0.2) is 0 Å². The van der Waals surface area contributed by atoms with Gasteiger partial charge in [0.25, 0.3) is 5.91 Å². The fraction of sp³-hybridized carbons (Fsp3) is 0.231. The van der Waals surface area contributed by atoms with Gasteiger partial charge in [-0.3, -0.25) is 14.9 Å². The van der Waals surface area contributed by atoms with Crippen LogP contribution in [0.15, 0.2) is 24.3 Å². The molecule has 0 atom stereocenters. The van der Waals surface area contributed by atoms with Gasteiger partial charge in [-0.05, 0) is 36.6 Å². The molecule has 0 unspecified atom stereocenters. The van der Waals surface area contributed by atoms with E-state index in [2.05, 4.69) is 0 Å². The van der Waals surface area contributed by atoms with Crippen LogP contribution in [0.25, 0.3) is 10.1 Å². The summed E-state index contributed by atoms with van der Waals surface area (Å²) in [6, 6.07) is 7.04. The predicted octanol–water partition coefficient (Wildman–Crippen LogP) is 2.61. The van der Waals surface area contributed by atoms with Crippen LogP contribution >= 0.6 is 11.3 Å². The largest absolute Gasteiger partial charge is 0.449 e. The second-order valence-corrected chi connectivity index (χ2v) is 5.12. The van der Waals surface area contributed by atoms with Gasteiger partial charge in [-0.2, -0.15) is 0 Å². The first-order chi connectivity index (χ1) is 9.56. The summed E-state index contributed by atoms with van der Waals surface area (Å²) < 4.78 is 5.82. The van der Waals surface area contributed by atoms with Crippen LogP contribution in [0.4, 0.5) is 10.5 Å². The Balaban J connectivity index is 2.33. The lowest BCUT2D eigenvalue weighted by atomic mass is 10.2. The van der Waals surface area contributed by atoms with E-state index in [0.29, 0.717) is 17.2 Å². The van der Waals surface area contributed by atoms with Gasteiger partial charge < -0.3 is 4.74 Å². The lowest BCUT2D eigenvalue weighted by molar-refractivity contribution is 0.0711. The molecule has 0 bridgehead atoms. The number of anilines is 1. The summed E-state index contributed by atoms with van der Waals surface area (Å²) in [5.41, 5.74) is 2.27. The van der Waals surface area contributed by atoms with Gasteiger partial charge in [0.2, 0.25) is 0 Å². The standard InChI is InChI=1S/C13H14N2O4S/c1-3-19-13(17)15(2)9-4-5-10-8(6-9)7-11(20-10)12(16)14-18/h4-7,18H,3H2,1-2H3,(H,14,16). The molecular weight excluding hydrogens is 280 g/mol. The summed E-state index contributed by atoms with van der Waals surface area (Å²) in [4.78, 5) is 24.8. The van der Waals surface area contributed by atoms with E-state index in [1.165, 1.54) is 16.2 Å². The molecule has 7 heteroatoms. The number of hydroxylamine groups is 1. The number of benzene rings is 1. The fourth-order valence-corrected chi connectivity index (χ4v) is 2.67. The van der Waals surface area contributed by atoms with Gasteiger partial charge in [0, 0.05) is 17.4 Å². The quantitative estimate of drug-likeness (QED) is 0.673. The van der Waals surface area contributed by atoms with Crippen molar-refractivity contribution >= 4 is 39.1 Å². The number of nitrogens with one attached hydrogen (secondary N) is 1. The number of carbonyl (C=O) groups excluding carboxylic acids is 2. The number of amides is 2. The second-order valence-electron chi connectivity index (χ2n) is 4.03. The normalized spacial score (nSPS) is 10.3. The highest BCUT2D eigenvalue weighted by Gasteiger charge is 2.14. The molecule has 0 aliphatic carbocycles. The molecule has 106 valence electrons. The molecule has 0 saturated heterocycles. The average Bonchev–Trinajstić information content (AvgIpc) is 2.88. The molecular formula is C13H14N2O4S. The SMILES string of the molecule is CCOC(=O)N(C)c1ccc2sc(C(=O)NO)cc2c1. The number of hydrogen-bond acceptors (Lipinski definition) is 5. The minimum absolute atomic E-state index is 0.310. The monoisotopic (exact) mass is 294 g/mol. The van der Waals surface area contributed by atoms with Gasteiger partial charge in [0.05, 0.1) is 11.5 Å². The van der Waals surface area contributed by atoms with Crippen LogP contribution in [0.1, 0.15) is 16.6 Å². The van der Waals surface area contributed by atoms with Crippen LogP contribution < -0.4 is 10.4 Å². The number of hydrogen-bond donors (Lipinski definition) is 2. The Morgan fingerprint density at radius 2 is 2.15 bits per heavy atom. The smallest absolute Gasteiger partial charge is 0.413 e. The molecule has 2 aromatic rings. The molecule has 0 fully saturated rings. The number of ether oxygens (including phenoxy) is 1. The maximum atomic E-state index is 11.6. The van der Waals surface area contributed by atoms with Crippen molar-refractivity contribution in [1.82, 2.24) is 5.48 Å². The van der Waals surface area contributed by atoms with Gasteiger partial charge in [-0.25, -0.2) is 10.3 Å². The van der Waals surface area contributed by atoms with E-state index in [9.17, 15) is 9.59 Å². The number of nitrogens with zero attached hydrogens (tertiary/aromatic N) is 1. The van der Waals surface area contributed by atoms with Gasteiger partial charge in [0.1, 0.15) is 0 Å². The van der Waals surface area contributed by atoms with Crippen LogP contribution in [0.2, 0.25) is 0 Å². The van der Waals surface area contributed by atoms with Crippen LogP contribution in [0.3, 0.4) is 0 Å². The third-order valence-corrected chi connectivity index (χ3v) is 3.87. The zero-order valence-electron chi connectivity index (χ0n) is 11.0. The Bertz CT molecular complexity index is 653. The molecule has 1 heterocycles. The Kier molecular flexibility index (Phi) is 4.21. The van der Waals surface area contributed by atoms with Crippen LogP contribution in [-0.4, -0.2) is 30.9 Å². The molecule has 0 saturated carbocycles. The highest BCUT2D eigenvalue weighted by molar-refractivity contribution is 7.20. The maximum absolute atomic E-state index is 11.6. The summed E-state index contributed by atoms with van der Waals surface area (Å²) in [5.74, 6) is -0.550. The van der Waals surface area contributed by atoms with E-state index in [1.807, 2.05) is 6.07 Å². The minimum Gasteiger partial charge on any atom is -0.449 e. The average molecular weight is 294 g/mol. The van der Waals surface area contributed by atoms with Crippen molar-refractivity contribution in [1.29, 1.82) is 0 Å². The molecule has 2 rings (SSSR count). The van der Waals surface area contributed by atoms with Crippen molar-refractivity contribution < 1.29 is 19.5 Å². The van der Waals surface area contributed by atoms with Gasteiger partial charge in [-0.15, -0.1) is 11.3 Å². The van der Waals surface area contributed by atoms with E-state index in [1.54, 1.807) is 37.7 Å². The molecule has 20 heavy (non-hydrogen) atoms. The molecule has 0 aliphatic heterocycles. The first kappa shape index (κ1) is 14.3. The molecule has 6 nitrogen and oxygen atoms in total. The Morgan fingerprint density at radius 1 is 1.40 bits per heavy atom. The maximum Gasteiger partial charge on any atom is 0.413 e. The number of thiophene rings is 1. The third kappa shape index (κ3) is 2.73. The van der Waals surface area contributed by atoms with Crippen molar-refractivity contribution in [3.8, 4) is 0 Å². The molecule has 1 aromatic carbocycles. The summed E-state index contributed by atoms with van der Waals surface area (Å²) >= 11 is 1.26. The van der Waals surface area contributed by atoms with Gasteiger partial charge >= 0.3 is 6.09 Å². The second kappa shape index (κ2) is 5.89. The summed E-state index contributed by atoms with van der Waals surface area (Å²) in [7, 11) is 1.62. The van der Waals surface area contributed by atoms with Crippen LogP contribution in [-0.2, 0) is 4.74 Å². The first-order valence-electron chi connectivity index (χ1n) is 5.95. The van der Waals surface area contributed by atoms with Gasteiger partial charge in [-0.1, -0.05) is 0 Å². The zero-order valence-corrected chi connectivity index (χ0v) is 11.9. The topological polar surface area (TPSA) is 78.9 Å². The van der Waals surface area contributed by atoms with E-state index in [-0.39, 0.29) is 0 Å². The Morgan fingerprint density at radius 3 is 2.80 bits per heavy atom. The number of fused-ring (bicyclic) bond motifs is 1. The number of carbonyl (C=O) groups is 2. The molecule has 2 amide bonds. The van der Waals surface area contributed by atoms with Crippen molar-refractivity contribution in [2.24, 2.45) is 0 Å². The molecule has 0 aliphatic rings. The number of rotatable bonds is 3. The van der Waals surface area contributed by atoms with Crippen molar-refractivity contribution in [2.45, 2.75) is 6.92 Å². The van der Waals surface area contributed by atoms with E-state index >= 15 is 0 Å². The molecule has 1 aromatic heterocycles. The van der Waals surface area contributed by atoms with Crippen molar-refractivity contribution in [2.75, 3.05) is 18.6 Å². The fourth-order valence-electron chi connectivity index (χ4n) is 1.73. The molecule has 0 radical (unpaired) electrons. The third-order valence-electron chi connectivity index (χ3n) is 2.75. The summed E-state index contributed by atoms with van der Waals surface area (Å²) in [5, 5.41) is 9.45. The summed E-state index contributed by atoms with van der Waals surface area (Å²) in [6.07, 6.45) is -0.435. The lowest BCUT2D eigenvalue weighted by Gasteiger charge is -2.16. The van der Waals surface area contributed by atoms with Crippen molar-refractivity contribution in [3.63, 3.8) is 0 Å². The Labute approximate surface area is 119 Å². The Hall–Kier alpha value is -2.12. The van der Waals surface area contributed by atoms with Crippen LogP contribution in [0, 0.1) is 0 Å². The van der Waals surface area contributed by atoms with E-state index in [4.69, 9.17) is 9.94 Å². The highest BCUT2D eigenvalue weighted by atomic mass is 32.1. The zero-order chi connectivity index (χ0) is 14.7. The van der Waals surface area contributed by atoms with Crippen molar-refractivity contribution in [3.05, 3.63) is 29.1 Å². The lowest BCUT2D eigenvalue weighted by Crippen LogP contribution is -2.26. The molecule has 2 N–H and O–H groups in total. The summed E-state index contributed by atoms with van der Waals surface area (Å²) in [6.45, 7) is 2.05. The van der Waals surface area contributed by atoms with E-state index < -0.39 is 12.0 Å². The molecule has 0 spiro atoms. The first-order valence-corrected chi connectivity index (χ1v) is 6.77. The minimum atomic E-state index is -0.550. The van der Waals surface area contributed by atoms with E-state index in [0.717, 1.165) is 10.1 Å². The highest BCUT2D eigenvalue weighted by Crippen LogP contribution is 2.29. The predicted molar refractivity (Wildman–Crippen MR) is 76.5 cm³/mol. The van der Waals surface area contributed by atoms with Crippen LogP contribution in [0.5, 0.6) is 0 Å².